The quantitative estimate of drug-likeness (QED) is 0.832. The number of nitriles is 2. The normalized spacial score (nSPS) is 8.79. The summed E-state index contributed by atoms with van der Waals surface area (Å²) in [6.45, 7) is 0. The molecule has 0 fully saturated rings. The van der Waals surface area contributed by atoms with Crippen molar-refractivity contribution in [2.75, 3.05) is 0 Å². The lowest BCUT2D eigenvalue weighted by Crippen LogP contribution is -1.91. The number of rotatable bonds is 2. The SMILES string of the molecule is C.N#Cc1cccc(Oc2ccc(S)cc2)c1C#N. The predicted octanol–water partition coefficient (Wildman–Crippen LogP) is 4.15. The smallest absolute Gasteiger partial charge is 0.146 e. The minimum atomic E-state index is 0. The van der Waals surface area contributed by atoms with Crippen LogP contribution in [0.1, 0.15) is 18.6 Å². The van der Waals surface area contributed by atoms with Crippen molar-refractivity contribution in [3.8, 4) is 23.6 Å². The molecule has 0 atom stereocenters. The van der Waals surface area contributed by atoms with Gasteiger partial charge in [0.25, 0.3) is 0 Å². The van der Waals surface area contributed by atoms with Gasteiger partial charge < -0.3 is 4.74 Å². The van der Waals surface area contributed by atoms with Gasteiger partial charge in [-0.05, 0) is 36.4 Å². The van der Waals surface area contributed by atoms with E-state index in [-0.39, 0.29) is 13.0 Å². The fraction of sp³-hybridized carbons (Fsp3) is 0.0667. The van der Waals surface area contributed by atoms with E-state index in [1.165, 1.54) is 0 Å². The van der Waals surface area contributed by atoms with Crippen molar-refractivity contribution in [2.45, 2.75) is 12.3 Å². The fourth-order valence-corrected chi connectivity index (χ4v) is 1.61. The van der Waals surface area contributed by atoms with Crippen molar-refractivity contribution >= 4 is 12.6 Å². The third-order valence-electron chi connectivity index (χ3n) is 2.32. The lowest BCUT2D eigenvalue weighted by molar-refractivity contribution is 0.480. The van der Waals surface area contributed by atoms with Gasteiger partial charge in [-0.15, -0.1) is 12.6 Å². The molecule has 2 rings (SSSR count). The van der Waals surface area contributed by atoms with Crippen LogP contribution in [0, 0.1) is 22.7 Å². The molecular formula is C15H12N2OS. The molecule has 0 aromatic heterocycles. The van der Waals surface area contributed by atoms with Gasteiger partial charge in [0.15, 0.2) is 0 Å². The van der Waals surface area contributed by atoms with Gasteiger partial charge in [0, 0.05) is 4.90 Å². The zero-order chi connectivity index (χ0) is 13.0. The van der Waals surface area contributed by atoms with E-state index in [2.05, 4.69) is 12.6 Å². The van der Waals surface area contributed by atoms with Gasteiger partial charge in [-0.3, -0.25) is 0 Å². The van der Waals surface area contributed by atoms with Gasteiger partial charge in [-0.25, -0.2) is 0 Å². The van der Waals surface area contributed by atoms with Gasteiger partial charge >= 0.3 is 0 Å². The van der Waals surface area contributed by atoms with Gasteiger partial charge in [-0.2, -0.15) is 10.5 Å². The Morgan fingerprint density at radius 3 is 2.21 bits per heavy atom. The second kappa shape index (κ2) is 6.49. The maximum atomic E-state index is 9.06. The van der Waals surface area contributed by atoms with Crippen LogP contribution in [0.5, 0.6) is 11.5 Å². The van der Waals surface area contributed by atoms with E-state index in [9.17, 15) is 0 Å². The van der Waals surface area contributed by atoms with E-state index in [0.717, 1.165) is 4.90 Å². The van der Waals surface area contributed by atoms with Crippen LogP contribution in [0.2, 0.25) is 0 Å². The molecule has 4 heteroatoms. The number of thiol groups is 1. The third-order valence-corrected chi connectivity index (χ3v) is 2.62. The van der Waals surface area contributed by atoms with E-state index >= 15 is 0 Å². The zero-order valence-corrected chi connectivity index (χ0v) is 10.2. The van der Waals surface area contributed by atoms with E-state index < -0.39 is 0 Å². The zero-order valence-electron chi connectivity index (χ0n) is 9.29. The average molecular weight is 268 g/mol. The second-order valence-corrected chi connectivity index (χ2v) is 4.01. The molecule has 0 aliphatic rings. The van der Waals surface area contributed by atoms with Gasteiger partial charge in [0.1, 0.15) is 29.2 Å². The first-order chi connectivity index (χ1) is 8.74. The van der Waals surface area contributed by atoms with Crippen molar-refractivity contribution in [1.82, 2.24) is 0 Å². The van der Waals surface area contributed by atoms with Crippen molar-refractivity contribution in [3.05, 3.63) is 53.6 Å². The summed E-state index contributed by atoms with van der Waals surface area (Å²) in [5.41, 5.74) is 0.552. The largest absolute Gasteiger partial charge is 0.456 e. The van der Waals surface area contributed by atoms with Gasteiger partial charge in [0.2, 0.25) is 0 Å². The van der Waals surface area contributed by atoms with E-state index in [1.54, 1.807) is 42.5 Å². The monoisotopic (exact) mass is 268 g/mol. The van der Waals surface area contributed by atoms with Crippen LogP contribution in [0.3, 0.4) is 0 Å². The van der Waals surface area contributed by atoms with E-state index in [1.807, 2.05) is 12.1 Å². The molecule has 0 saturated carbocycles. The number of ether oxygens (including phenoxy) is 1. The number of benzene rings is 2. The second-order valence-electron chi connectivity index (χ2n) is 3.50. The Labute approximate surface area is 118 Å². The molecule has 19 heavy (non-hydrogen) atoms. The highest BCUT2D eigenvalue weighted by atomic mass is 32.1. The molecule has 0 unspecified atom stereocenters. The first kappa shape index (κ1) is 14.6. The third kappa shape index (κ3) is 3.28. The molecule has 0 saturated heterocycles. The summed E-state index contributed by atoms with van der Waals surface area (Å²) in [6, 6.07) is 16.0. The van der Waals surface area contributed by atoms with Gasteiger partial charge in [0.05, 0.1) is 5.56 Å². The predicted molar refractivity (Wildman–Crippen MR) is 76.4 cm³/mol. The molecule has 0 amide bonds. The Hall–Kier alpha value is -2.43. The highest BCUT2D eigenvalue weighted by Gasteiger charge is 2.09. The van der Waals surface area contributed by atoms with Crippen LogP contribution in [0.25, 0.3) is 0 Å². The standard InChI is InChI=1S/C14H8N2OS.CH4/c15-8-10-2-1-3-14(13(10)9-16)17-11-4-6-12(18)7-5-11;/h1-7,18H;1H4. The average Bonchev–Trinajstić information content (AvgIpc) is 2.41. The molecule has 3 nitrogen and oxygen atoms in total. The minimum Gasteiger partial charge on any atom is -0.456 e. The Morgan fingerprint density at radius 1 is 0.947 bits per heavy atom. The van der Waals surface area contributed by atoms with E-state index in [4.69, 9.17) is 15.3 Å². The Morgan fingerprint density at radius 2 is 1.63 bits per heavy atom. The number of nitrogens with zero attached hydrogens (tertiary/aromatic N) is 2. The highest BCUT2D eigenvalue weighted by Crippen LogP contribution is 2.27. The minimum absolute atomic E-state index is 0. The fourth-order valence-electron chi connectivity index (χ4n) is 1.47. The number of hydrogen-bond acceptors (Lipinski definition) is 4. The van der Waals surface area contributed by atoms with Crippen LogP contribution < -0.4 is 4.74 Å². The molecule has 2 aromatic rings. The lowest BCUT2D eigenvalue weighted by Gasteiger charge is -2.08. The maximum Gasteiger partial charge on any atom is 0.146 e. The van der Waals surface area contributed by atoms with Crippen LogP contribution in [0.15, 0.2) is 47.4 Å². The summed E-state index contributed by atoms with van der Waals surface area (Å²) in [4.78, 5) is 0.827. The van der Waals surface area contributed by atoms with Crippen molar-refractivity contribution in [2.24, 2.45) is 0 Å². The lowest BCUT2D eigenvalue weighted by atomic mass is 10.1. The first-order valence-corrected chi connectivity index (χ1v) is 5.59. The van der Waals surface area contributed by atoms with Crippen molar-refractivity contribution in [3.63, 3.8) is 0 Å². The Bertz CT molecular complexity index is 651. The summed E-state index contributed by atoms with van der Waals surface area (Å²) in [5, 5.41) is 18.0. The van der Waals surface area contributed by atoms with Crippen LogP contribution in [-0.2, 0) is 0 Å². The van der Waals surface area contributed by atoms with Gasteiger partial charge in [-0.1, -0.05) is 13.5 Å². The molecule has 0 radical (unpaired) electrons. The molecule has 0 bridgehead atoms. The molecule has 2 aromatic carbocycles. The maximum absolute atomic E-state index is 9.06. The molecule has 0 heterocycles. The summed E-state index contributed by atoms with van der Waals surface area (Å²) in [5.74, 6) is 0.975. The summed E-state index contributed by atoms with van der Waals surface area (Å²) in [7, 11) is 0. The van der Waals surface area contributed by atoms with Crippen LogP contribution in [0.4, 0.5) is 0 Å². The van der Waals surface area contributed by atoms with Crippen molar-refractivity contribution in [1.29, 1.82) is 10.5 Å². The molecule has 0 spiro atoms. The molecule has 0 aliphatic carbocycles. The molecule has 0 N–H and O–H groups in total. The highest BCUT2D eigenvalue weighted by molar-refractivity contribution is 7.80. The van der Waals surface area contributed by atoms with Crippen molar-refractivity contribution < 1.29 is 4.74 Å². The summed E-state index contributed by atoms with van der Waals surface area (Å²) < 4.78 is 5.59. The Balaban J connectivity index is 0.00000180. The van der Waals surface area contributed by atoms with Crippen LogP contribution >= 0.6 is 12.6 Å². The summed E-state index contributed by atoms with van der Waals surface area (Å²) >= 11 is 4.18. The number of hydrogen-bond donors (Lipinski definition) is 1. The van der Waals surface area contributed by atoms with E-state index in [0.29, 0.717) is 17.1 Å². The summed E-state index contributed by atoms with van der Waals surface area (Å²) in [6.07, 6.45) is 0. The Kier molecular flexibility index (Phi) is 5.00. The molecule has 0 aliphatic heterocycles. The first-order valence-electron chi connectivity index (χ1n) is 5.14. The topological polar surface area (TPSA) is 56.8 Å². The van der Waals surface area contributed by atoms with Crippen LogP contribution in [-0.4, -0.2) is 0 Å². The molecule has 94 valence electrons. The molecular weight excluding hydrogens is 256 g/mol.